The first kappa shape index (κ1) is 22.7. The van der Waals surface area contributed by atoms with E-state index in [-0.39, 0.29) is 29.9 Å². The number of rotatable bonds is 10. The van der Waals surface area contributed by atoms with Gasteiger partial charge in [0.05, 0.1) is 0 Å². The van der Waals surface area contributed by atoms with Crippen LogP contribution in [0.2, 0.25) is 0 Å². The number of carbonyl (C=O) groups is 1. The van der Waals surface area contributed by atoms with E-state index in [0.717, 1.165) is 50.5 Å². The van der Waals surface area contributed by atoms with E-state index < -0.39 is 0 Å². The quantitative estimate of drug-likeness (QED) is 0.211. The normalized spacial score (nSPS) is 13.7. The second-order valence-corrected chi connectivity index (χ2v) is 6.31. The van der Waals surface area contributed by atoms with Gasteiger partial charge in [-0.05, 0) is 49.8 Å². The third-order valence-electron chi connectivity index (χ3n) is 4.07. The number of aliphatic imine (C=N–C) groups is 1. The molecule has 146 valence electrons. The van der Waals surface area contributed by atoms with Crippen molar-refractivity contribution in [2.24, 2.45) is 4.99 Å². The number of ether oxygens (including phenoxy) is 1. The van der Waals surface area contributed by atoms with Gasteiger partial charge in [0.1, 0.15) is 0 Å². The van der Waals surface area contributed by atoms with Gasteiger partial charge >= 0.3 is 0 Å². The first-order chi connectivity index (χ1) is 12.2. The molecule has 1 fully saturated rings. The first-order valence-electron chi connectivity index (χ1n) is 9.07. The van der Waals surface area contributed by atoms with Gasteiger partial charge in [-0.25, -0.2) is 0 Å². The van der Waals surface area contributed by atoms with Gasteiger partial charge < -0.3 is 20.7 Å². The zero-order chi connectivity index (χ0) is 17.9. The Kier molecular flexibility index (Phi) is 11.3. The van der Waals surface area contributed by atoms with E-state index in [4.69, 9.17) is 4.74 Å². The molecule has 0 heterocycles. The Morgan fingerprint density at radius 3 is 2.81 bits per heavy atom. The van der Waals surface area contributed by atoms with Crippen molar-refractivity contribution < 1.29 is 9.53 Å². The van der Waals surface area contributed by atoms with E-state index in [9.17, 15) is 4.79 Å². The van der Waals surface area contributed by atoms with Crippen molar-refractivity contribution in [2.75, 3.05) is 33.9 Å². The summed E-state index contributed by atoms with van der Waals surface area (Å²) in [6.07, 6.45) is 5.35. The molecule has 6 nitrogen and oxygen atoms in total. The largest absolute Gasteiger partial charge is 0.385 e. The average Bonchev–Trinajstić information content (AvgIpc) is 3.45. The van der Waals surface area contributed by atoms with Crippen LogP contribution in [0.5, 0.6) is 0 Å². The Morgan fingerprint density at radius 1 is 1.31 bits per heavy atom. The fraction of sp³-hybridized carbons (Fsp3) is 0.579. The maximum Gasteiger partial charge on any atom is 0.251 e. The molecule has 26 heavy (non-hydrogen) atoms. The topological polar surface area (TPSA) is 74.8 Å². The van der Waals surface area contributed by atoms with Crippen molar-refractivity contribution in [3.63, 3.8) is 0 Å². The highest BCUT2D eigenvalue weighted by Crippen LogP contribution is 2.18. The molecule has 7 heteroatoms. The summed E-state index contributed by atoms with van der Waals surface area (Å²) in [6.45, 7) is 2.38. The molecule has 2 rings (SSSR count). The van der Waals surface area contributed by atoms with E-state index in [1.165, 1.54) is 12.8 Å². The van der Waals surface area contributed by atoms with Gasteiger partial charge in [0, 0.05) is 45.5 Å². The maximum atomic E-state index is 11.7. The van der Waals surface area contributed by atoms with Gasteiger partial charge in [-0.15, -0.1) is 24.0 Å². The van der Waals surface area contributed by atoms with Crippen LogP contribution in [0, 0.1) is 0 Å². The lowest BCUT2D eigenvalue weighted by atomic mass is 10.1. The molecule has 1 aromatic rings. The number of hydrogen-bond donors (Lipinski definition) is 3. The number of carbonyl (C=O) groups excluding carboxylic acids is 1. The molecule has 1 aliphatic rings. The third-order valence-corrected chi connectivity index (χ3v) is 4.07. The van der Waals surface area contributed by atoms with Crippen LogP contribution in [-0.4, -0.2) is 51.8 Å². The Morgan fingerprint density at radius 2 is 2.12 bits per heavy atom. The van der Waals surface area contributed by atoms with Crippen molar-refractivity contribution in [3.05, 3.63) is 35.4 Å². The van der Waals surface area contributed by atoms with Crippen LogP contribution >= 0.6 is 24.0 Å². The van der Waals surface area contributed by atoms with Crippen molar-refractivity contribution >= 4 is 35.8 Å². The van der Waals surface area contributed by atoms with Crippen molar-refractivity contribution in [1.82, 2.24) is 16.0 Å². The molecule has 3 N–H and O–H groups in total. The molecule has 0 atom stereocenters. The average molecular weight is 474 g/mol. The monoisotopic (exact) mass is 474 g/mol. The Balaban J connectivity index is 0.00000338. The Bertz CT molecular complexity index is 576. The number of halogens is 1. The molecule has 0 unspecified atom stereocenters. The van der Waals surface area contributed by atoms with E-state index in [1.54, 1.807) is 14.2 Å². The minimum atomic E-state index is -0.0523. The lowest BCUT2D eigenvalue weighted by Crippen LogP contribution is -2.39. The molecule has 0 aromatic heterocycles. The van der Waals surface area contributed by atoms with Crippen molar-refractivity contribution in [2.45, 2.75) is 38.1 Å². The van der Waals surface area contributed by atoms with Crippen molar-refractivity contribution in [3.8, 4) is 0 Å². The second-order valence-electron chi connectivity index (χ2n) is 6.31. The number of guanidine groups is 1. The van der Waals surface area contributed by atoms with E-state index in [1.807, 2.05) is 24.3 Å². The molecule has 0 bridgehead atoms. The molecule has 1 saturated carbocycles. The van der Waals surface area contributed by atoms with Crippen LogP contribution < -0.4 is 16.0 Å². The molecule has 0 radical (unpaired) electrons. The molecule has 0 aliphatic heterocycles. The molecule has 0 saturated heterocycles. The fourth-order valence-corrected chi connectivity index (χ4v) is 2.46. The number of methoxy groups -OCH3 is 1. The standard InChI is InChI=1S/C19H30N4O2.HI/c1-20-18(24)16-7-5-6-15(14-16)10-12-22-19(23-17-8-9-17)21-11-3-4-13-25-2;/h5-7,14,17H,3-4,8-13H2,1-2H3,(H,20,24)(H2,21,22,23);1H. The molecule has 1 aromatic carbocycles. The van der Waals surface area contributed by atoms with E-state index >= 15 is 0 Å². The minimum Gasteiger partial charge on any atom is -0.385 e. The lowest BCUT2D eigenvalue weighted by molar-refractivity contribution is 0.0963. The lowest BCUT2D eigenvalue weighted by Gasteiger charge is -2.12. The van der Waals surface area contributed by atoms with Crippen LogP contribution in [0.3, 0.4) is 0 Å². The number of nitrogens with one attached hydrogen (secondary N) is 3. The predicted octanol–water partition coefficient (Wildman–Crippen LogP) is 2.33. The van der Waals surface area contributed by atoms with Crippen LogP contribution in [0.1, 0.15) is 41.6 Å². The van der Waals surface area contributed by atoms with Gasteiger partial charge in [0.2, 0.25) is 0 Å². The summed E-state index contributed by atoms with van der Waals surface area (Å²) in [5.74, 6) is 0.839. The fourth-order valence-electron chi connectivity index (χ4n) is 2.46. The van der Waals surface area contributed by atoms with Crippen molar-refractivity contribution in [1.29, 1.82) is 0 Å². The van der Waals surface area contributed by atoms with Gasteiger partial charge in [-0.1, -0.05) is 12.1 Å². The summed E-state index contributed by atoms with van der Waals surface area (Å²) >= 11 is 0. The first-order valence-corrected chi connectivity index (χ1v) is 9.07. The summed E-state index contributed by atoms with van der Waals surface area (Å²) in [5, 5.41) is 9.51. The van der Waals surface area contributed by atoms with Gasteiger partial charge in [0.15, 0.2) is 5.96 Å². The molecule has 1 amide bonds. The minimum absolute atomic E-state index is 0. The zero-order valence-electron chi connectivity index (χ0n) is 15.7. The highest BCUT2D eigenvalue weighted by molar-refractivity contribution is 14.0. The molecule has 0 spiro atoms. The van der Waals surface area contributed by atoms with Gasteiger partial charge in [-0.2, -0.15) is 0 Å². The maximum absolute atomic E-state index is 11.7. The summed E-state index contributed by atoms with van der Waals surface area (Å²) in [5.41, 5.74) is 1.84. The molecule has 1 aliphatic carbocycles. The number of unbranched alkanes of at least 4 members (excludes halogenated alkanes) is 1. The number of hydrogen-bond acceptors (Lipinski definition) is 3. The number of benzene rings is 1. The van der Waals surface area contributed by atoms with E-state index in [0.29, 0.717) is 11.6 Å². The number of amides is 1. The predicted molar refractivity (Wildman–Crippen MR) is 117 cm³/mol. The third kappa shape index (κ3) is 8.84. The highest BCUT2D eigenvalue weighted by atomic mass is 127. The summed E-state index contributed by atoms with van der Waals surface area (Å²) in [7, 11) is 3.37. The second kappa shape index (κ2) is 12.9. The summed E-state index contributed by atoms with van der Waals surface area (Å²) in [4.78, 5) is 16.3. The molecular weight excluding hydrogens is 443 g/mol. The Labute approximate surface area is 173 Å². The smallest absolute Gasteiger partial charge is 0.251 e. The summed E-state index contributed by atoms with van der Waals surface area (Å²) in [6, 6.07) is 8.31. The van der Waals surface area contributed by atoms with Crippen LogP contribution in [0.4, 0.5) is 0 Å². The Hall–Kier alpha value is -1.35. The van der Waals surface area contributed by atoms with Crippen LogP contribution in [-0.2, 0) is 11.2 Å². The van der Waals surface area contributed by atoms with Crippen LogP contribution in [0.15, 0.2) is 29.3 Å². The highest BCUT2D eigenvalue weighted by Gasteiger charge is 2.22. The zero-order valence-corrected chi connectivity index (χ0v) is 18.0. The van der Waals surface area contributed by atoms with Gasteiger partial charge in [-0.3, -0.25) is 9.79 Å². The van der Waals surface area contributed by atoms with Crippen LogP contribution in [0.25, 0.3) is 0 Å². The van der Waals surface area contributed by atoms with Gasteiger partial charge in [0.25, 0.3) is 5.91 Å². The molecular formula is C19H31IN4O2. The SMILES string of the molecule is CNC(=O)c1cccc(CCNC(=NCCCCOC)NC2CC2)c1.I. The summed E-state index contributed by atoms with van der Waals surface area (Å²) < 4.78 is 5.06. The van der Waals surface area contributed by atoms with E-state index in [2.05, 4.69) is 20.9 Å². The number of nitrogens with zero attached hydrogens (tertiary/aromatic N) is 1.